The van der Waals surface area contributed by atoms with Gasteiger partial charge in [0.2, 0.25) is 0 Å². The molecular formula is C15H21FN2O2. The van der Waals surface area contributed by atoms with Gasteiger partial charge >= 0.3 is 6.03 Å². The topological polar surface area (TPSA) is 41.6 Å². The van der Waals surface area contributed by atoms with Gasteiger partial charge in [0, 0.05) is 32.7 Å². The van der Waals surface area contributed by atoms with Crippen LogP contribution in [-0.4, -0.2) is 44.8 Å². The van der Waals surface area contributed by atoms with Crippen molar-refractivity contribution in [2.75, 3.05) is 33.9 Å². The van der Waals surface area contributed by atoms with Gasteiger partial charge in [-0.2, -0.15) is 0 Å². The minimum Gasteiger partial charge on any atom is -0.383 e. The van der Waals surface area contributed by atoms with Crippen LogP contribution < -0.4 is 5.32 Å². The van der Waals surface area contributed by atoms with Crippen molar-refractivity contribution in [3.8, 4) is 0 Å². The summed E-state index contributed by atoms with van der Waals surface area (Å²) in [7, 11) is 3.34. The average molecular weight is 280 g/mol. The lowest BCUT2D eigenvalue weighted by molar-refractivity contribution is 0.159. The fraction of sp³-hybridized carbons (Fsp3) is 0.533. The Bertz CT molecular complexity index is 475. The number of nitrogens with one attached hydrogen (secondary N) is 1. The number of likely N-dealkylation sites (N-methyl/N-ethyl adjacent to an activating group) is 1. The SMILES string of the molecule is COCCN(C)C(=O)NCC1(c2cccc(F)c2)CC1. The number of amides is 2. The molecule has 5 heteroatoms. The molecule has 1 saturated carbocycles. The number of methoxy groups -OCH3 is 1. The third kappa shape index (κ3) is 3.48. The molecule has 1 aliphatic rings. The van der Waals surface area contributed by atoms with E-state index in [9.17, 15) is 9.18 Å². The van der Waals surface area contributed by atoms with Gasteiger partial charge in [-0.15, -0.1) is 0 Å². The van der Waals surface area contributed by atoms with Crippen molar-refractivity contribution < 1.29 is 13.9 Å². The molecule has 2 amide bonds. The summed E-state index contributed by atoms with van der Waals surface area (Å²) in [6.45, 7) is 1.61. The highest BCUT2D eigenvalue weighted by Gasteiger charge is 2.44. The normalized spacial score (nSPS) is 15.8. The van der Waals surface area contributed by atoms with E-state index in [1.807, 2.05) is 6.07 Å². The highest BCUT2D eigenvalue weighted by molar-refractivity contribution is 5.74. The summed E-state index contributed by atoms with van der Waals surface area (Å²) in [6.07, 6.45) is 1.97. The predicted molar refractivity (Wildman–Crippen MR) is 75.2 cm³/mol. The van der Waals surface area contributed by atoms with Crippen molar-refractivity contribution in [1.82, 2.24) is 10.2 Å². The molecule has 0 unspecified atom stereocenters. The van der Waals surface area contributed by atoms with Crippen molar-refractivity contribution in [2.45, 2.75) is 18.3 Å². The Hall–Kier alpha value is -1.62. The summed E-state index contributed by atoms with van der Waals surface area (Å²) < 4.78 is 18.2. The molecule has 0 saturated heterocycles. The summed E-state index contributed by atoms with van der Waals surface area (Å²) >= 11 is 0. The third-order valence-electron chi connectivity index (χ3n) is 3.85. The van der Waals surface area contributed by atoms with Gasteiger partial charge in [-0.1, -0.05) is 12.1 Å². The number of urea groups is 1. The number of hydrogen-bond acceptors (Lipinski definition) is 2. The predicted octanol–water partition coefficient (Wildman–Crippen LogP) is 2.15. The van der Waals surface area contributed by atoms with Crippen LogP contribution in [0.1, 0.15) is 18.4 Å². The molecule has 0 atom stereocenters. The fourth-order valence-electron chi connectivity index (χ4n) is 2.25. The number of halogens is 1. The second-order valence-corrected chi connectivity index (χ2v) is 5.36. The maximum Gasteiger partial charge on any atom is 0.317 e. The molecule has 1 aromatic rings. The molecule has 0 spiro atoms. The van der Waals surface area contributed by atoms with Crippen molar-refractivity contribution in [3.05, 3.63) is 35.6 Å². The zero-order valence-electron chi connectivity index (χ0n) is 12.0. The van der Waals surface area contributed by atoms with E-state index in [1.165, 1.54) is 6.07 Å². The second kappa shape index (κ2) is 6.22. The van der Waals surface area contributed by atoms with E-state index in [2.05, 4.69) is 5.32 Å². The van der Waals surface area contributed by atoms with Crippen molar-refractivity contribution >= 4 is 6.03 Å². The monoisotopic (exact) mass is 280 g/mol. The Morgan fingerprint density at radius 1 is 1.50 bits per heavy atom. The number of carbonyl (C=O) groups is 1. The summed E-state index contributed by atoms with van der Waals surface area (Å²) in [5, 5.41) is 2.92. The number of carbonyl (C=O) groups excluding carboxylic acids is 1. The molecule has 0 aliphatic heterocycles. The van der Waals surface area contributed by atoms with Crippen molar-refractivity contribution in [1.29, 1.82) is 0 Å². The van der Waals surface area contributed by atoms with Gasteiger partial charge in [-0.25, -0.2) is 9.18 Å². The van der Waals surface area contributed by atoms with Crippen molar-refractivity contribution in [3.63, 3.8) is 0 Å². The van der Waals surface area contributed by atoms with Gasteiger partial charge in [0.15, 0.2) is 0 Å². The van der Waals surface area contributed by atoms with Crippen LogP contribution in [0.15, 0.2) is 24.3 Å². The highest BCUT2D eigenvalue weighted by atomic mass is 19.1. The lowest BCUT2D eigenvalue weighted by atomic mass is 9.96. The molecule has 110 valence electrons. The molecule has 0 aromatic heterocycles. The first-order chi connectivity index (χ1) is 9.57. The second-order valence-electron chi connectivity index (χ2n) is 5.36. The van der Waals surface area contributed by atoms with Crippen LogP contribution in [0.25, 0.3) is 0 Å². The maximum absolute atomic E-state index is 13.3. The smallest absolute Gasteiger partial charge is 0.317 e. The summed E-state index contributed by atoms with van der Waals surface area (Å²) in [6, 6.07) is 6.53. The first kappa shape index (κ1) is 14.8. The van der Waals surface area contributed by atoms with E-state index in [4.69, 9.17) is 4.74 Å². The van der Waals surface area contributed by atoms with Crippen LogP contribution in [0.3, 0.4) is 0 Å². The zero-order chi connectivity index (χ0) is 14.6. The van der Waals surface area contributed by atoms with E-state index in [0.29, 0.717) is 19.7 Å². The Morgan fingerprint density at radius 3 is 2.85 bits per heavy atom. The van der Waals surface area contributed by atoms with Gasteiger partial charge < -0.3 is 15.0 Å². The van der Waals surface area contributed by atoms with Gasteiger partial charge in [-0.3, -0.25) is 0 Å². The number of ether oxygens (including phenoxy) is 1. The largest absolute Gasteiger partial charge is 0.383 e. The quantitative estimate of drug-likeness (QED) is 0.867. The number of nitrogens with zero attached hydrogens (tertiary/aromatic N) is 1. The number of benzene rings is 1. The van der Waals surface area contributed by atoms with Crippen LogP contribution in [0.4, 0.5) is 9.18 Å². The number of rotatable bonds is 6. The lowest BCUT2D eigenvalue weighted by Crippen LogP contribution is -2.42. The van der Waals surface area contributed by atoms with E-state index < -0.39 is 0 Å². The van der Waals surface area contributed by atoms with Crippen molar-refractivity contribution in [2.24, 2.45) is 0 Å². The molecule has 20 heavy (non-hydrogen) atoms. The first-order valence-corrected chi connectivity index (χ1v) is 6.81. The molecule has 1 N–H and O–H groups in total. The number of hydrogen-bond donors (Lipinski definition) is 1. The average Bonchev–Trinajstić information content (AvgIpc) is 3.23. The van der Waals surface area contributed by atoms with E-state index in [0.717, 1.165) is 18.4 Å². The van der Waals surface area contributed by atoms with Gasteiger partial charge in [0.05, 0.1) is 6.61 Å². The minimum absolute atomic E-state index is 0.0835. The molecule has 0 radical (unpaired) electrons. The van der Waals surface area contributed by atoms with E-state index >= 15 is 0 Å². The molecule has 0 heterocycles. The fourth-order valence-corrected chi connectivity index (χ4v) is 2.25. The lowest BCUT2D eigenvalue weighted by Gasteiger charge is -2.21. The Kier molecular flexibility index (Phi) is 4.60. The minimum atomic E-state index is -0.225. The Morgan fingerprint density at radius 2 is 2.25 bits per heavy atom. The Balaban J connectivity index is 1.89. The van der Waals surface area contributed by atoms with Crippen LogP contribution in [0, 0.1) is 5.82 Å². The molecule has 4 nitrogen and oxygen atoms in total. The van der Waals surface area contributed by atoms with E-state index in [1.54, 1.807) is 31.2 Å². The summed E-state index contributed by atoms with van der Waals surface area (Å²) in [5.74, 6) is -0.225. The highest BCUT2D eigenvalue weighted by Crippen LogP contribution is 2.47. The van der Waals surface area contributed by atoms with Gasteiger partial charge in [0.25, 0.3) is 0 Å². The summed E-state index contributed by atoms with van der Waals surface area (Å²) in [5.41, 5.74) is 0.886. The summed E-state index contributed by atoms with van der Waals surface area (Å²) in [4.78, 5) is 13.5. The molecule has 0 bridgehead atoms. The molecular weight excluding hydrogens is 259 g/mol. The Labute approximate surface area is 118 Å². The van der Waals surface area contributed by atoms with Gasteiger partial charge in [0.1, 0.15) is 5.82 Å². The van der Waals surface area contributed by atoms with Gasteiger partial charge in [-0.05, 0) is 30.5 Å². The molecule has 1 fully saturated rings. The molecule has 1 aromatic carbocycles. The maximum atomic E-state index is 13.3. The first-order valence-electron chi connectivity index (χ1n) is 6.81. The van der Waals surface area contributed by atoms with E-state index in [-0.39, 0.29) is 17.3 Å². The van der Waals surface area contributed by atoms with Crippen LogP contribution in [-0.2, 0) is 10.2 Å². The molecule has 2 rings (SSSR count). The standard InChI is InChI=1S/C15H21FN2O2/c1-18(8-9-20-2)14(19)17-11-15(6-7-15)12-4-3-5-13(16)10-12/h3-5,10H,6-9,11H2,1-2H3,(H,17,19). The van der Waals surface area contributed by atoms with Crippen LogP contribution in [0.5, 0.6) is 0 Å². The van der Waals surface area contributed by atoms with Crippen LogP contribution >= 0.6 is 0 Å². The zero-order valence-corrected chi connectivity index (χ0v) is 12.0. The molecule has 1 aliphatic carbocycles. The van der Waals surface area contributed by atoms with Crippen LogP contribution in [0.2, 0.25) is 0 Å². The third-order valence-corrected chi connectivity index (χ3v) is 3.85.